The van der Waals surface area contributed by atoms with Crippen molar-refractivity contribution in [2.75, 3.05) is 11.1 Å². The highest BCUT2D eigenvalue weighted by atomic mass is 79.9. The number of aryl methyl sites for hydroxylation is 1. The molecule has 0 atom stereocenters. The van der Waals surface area contributed by atoms with Gasteiger partial charge in [0.2, 0.25) is 5.91 Å². The fourth-order valence-electron chi connectivity index (χ4n) is 1.93. The molecule has 2 N–H and O–H groups in total. The number of H-pyrrole nitrogens is 1. The molecule has 1 aromatic carbocycles. The third-order valence-corrected chi connectivity index (χ3v) is 6.01. The molecule has 25 heavy (non-hydrogen) atoms. The van der Waals surface area contributed by atoms with Crippen molar-refractivity contribution in [1.29, 1.82) is 0 Å². The average Bonchev–Trinajstić information content (AvgIpc) is 2.54. The van der Waals surface area contributed by atoms with Crippen molar-refractivity contribution in [2.24, 2.45) is 0 Å². The molecular formula is C17H20BrN3O2S2. The fraction of sp³-hybridized carbons (Fsp3) is 0.353. The van der Waals surface area contributed by atoms with Crippen LogP contribution >= 0.6 is 39.5 Å². The van der Waals surface area contributed by atoms with Gasteiger partial charge in [-0.25, -0.2) is 4.98 Å². The normalized spacial score (nSPS) is 10.9. The third-order valence-electron chi connectivity index (χ3n) is 3.12. The van der Waals surface area contributed by atoms with Crippen molar-refractivity contribution in [2.45, 2.75) is 36.9 Å². The second-order valence-electron chi connectivity index (χ2n) is 5.70. The lowest BCUT2D eigenvalue weighted by Gasteiger charge is -2.08. The van der Waals surface area contributed by atoms with Crippen molar-refractivity contribution in [3.8, 4) is 0 Å². The van der Waals surface area contributed by atoms with E-state index < -0.39 is 0 Å². The number of rotatable bonds is 7. The standard InChI is InChI=1S/C17H20BrN3O2S2/c1-10(2)24-8-13-7-15(22)21-17(20-13)25-9-16(23)19-12-4-5-14(18)11(3)6-12/h4-7,10H,8-9H2,1-3H3,(H,19,23)(H,20,21,22). The molecule has 0 radical (unpaired) electrons. The zero-order valence-electron chi connectivity index (χ0n) is 14.3. The Kier molecular flexibility index (Phi) is 7.58. The first kappa shape index (κ1) is 20.1. The van der Waals surface area contributed by atoms with Gasteiger partial charge in [-0.1, -0.05) is 41.5 Å². The van der Waals surface area contributed by atoms with E-state index in [1.165, 1.54) is 17.8 Å². The minimum absolute atomic E-state index is 0.142. The van der Waals surface area contributed by atoms with Crippen LogP contribution in [0.1, 0.15) is 25.1 Å². The topological polar surface area (TPSA) is 74.8 Å². The van der Waals surface area contributed by atoms with Gasteiger partial charge in [-0.2, -0.15) is 11.8 Å². The van der Waals surface area contributed by atoms with E-state index in [0.29, 0.717) is 16.2 Å². The number of hydrogen-bond donors (Lipinski definition) is 2. The molecule has 2 aromatic rings. The van der Waals surface area contributed by atoms with Crippen molar-refractivity contribution >= 4 is 51.0 Å². The second kappa shape index (κ2) is 9.45. The minimum atomic E-state index is -0.194. The van der Waals surface area contributed by atoms with Crippen LogP contribution in [0.4, 0.5) is 5.69 Å². The Labute approximate surface area is 163 Å². The predicted molar refractivity (Wildman–Crippen MR) is 110 cm³/mol. The lowest BCUT2D eigenvalue weighted by molar-refractivity contribution is -0.113. The molecule has 0 aliphatic heterocycles. The molecule has 2 rings (SSSR count). The summed E-state index contributed by atoms with van der Waals surface area (Å²) in [6, 6.07) is 7.14. The van der Waals surface area contributed by atoms with E-state index in [1.807, 2.05) is 25.1 Å². The number of hydrogen-bond acceptors (Lipinski definition) is 5. The maximum Gasteiger partial charge on any atom is 0.251 e. The number of aromatic amines is 1. The number of carbonyl (C=O) groups is 1. The van der Waals surface area contributed by atoms with Crippen LogP contribution in [0.15, 0.2) is 38.7 Å². The number of benzene rings is 1. The Balaban J connectivity index is 1.94. The molecular weight excluding hydrogens is 422 g/mol. The monoisotopic (exact) mass is 441 g/mol. The molecule has 0 unspecified atom stereocenters. The molecule has 0 bridgehead atoms. The van der Waals surface area contributed by atoms with Crippen molar-refractivity contribution in [1.82, 2.24) is 9.97 Å². The first-order chi connectivity index (χ1) is 11.8. The van der Waals surface area contributed by atoms with Gasteiger partial charge in [0.05, 0.1) is 11.4 Å². The van der Waals surface area contributed by atoms with E-state index in [-0.39, 0.29) is 17.2 Å². The first-order valence-electron chi connectivity index (χ1n) is 7.74. The van der Waals surface area contributed by atoms with Gasteiger partial charge in [-0.05, 0) is 35.9 Å². The Morgan fingerprint density at radius 2 is 2.12 bits per heavy atom. The highest BCUT2D eigenvalue weighted by Crippen LogP contribution is 2.21. The van der Waals surface area contributed by atoms with Crippen LogP contribution < -0.4 is 10.9 Å². The number of carbonyl (C=O) groups excluding carboxylic acids is 1. The summed E-state index contributed by atoms with van der Waals surface area (Å²) in [6.07, 6.45) is 0. The Morgan fingerprint density at radius 1 is 1.36 bits per heavy atom. The average molecular weight is 442 g/mol. The van der Waals surface area contributed by atoms with Gasteiger partial charge >= 0.3 is 0 Å². The lowest BCUT2D eigenvalue weighted by atomic mass is 10.2. The Hall–Kier alpha value is -1.25. The number of nitrogens with zero attached hydrogens (tertiary/aromatic N) is 1. The minimum Gasteiger partial charge on any atom is -0.325 e. The number of nitrogens with one attached hydrogen (secondary N) is 2. The van der Waals surface area contributed by atoms with E-state index in [9.17, 15) is 9.59 Å². The second-order valence-corrected chi connectivity index (χ2v) is 9.09. The number of thioether (sulfide) groups is 2. The maximum atomic E-state index is 12.1. The van der Waals surface area contributed by atoms with Crippen molar-refractivity contribution in [3.63, 3.8) is 0 Å². The van der Waals surface area contributed by atoms with E-state index in [1.54, 1.807) is 11.8 Å². The van der Waals surface area contributed by atoms with Gasteiger partial charge in [-0.15, -0.1) is 0 Å². The third kappa shape index (κ3) is 6.87. The molecule has 0 fully saturated rings. The maximum absolute atomic E-state index is 12.1. The molecule has 0 aliphatic carbocycles. The van der Waals surface area contributed by atoms with E-state index in [2.05, 4.69) is 45.1 Å². The summed E-state index contributed by atoms with van der Waals surface area (Å²) < 4.78 is 0.998. The molecule has 1 heterocycles. The van der Waals surface area contributed by atoms with Crippen LogP contribution in [-0.2, 0) is 10.5 Å². The van der Waals surface area contributed by atoms with Gasteiger partial charge in [0, 0.05) is 22.0 Å². The number of anilines is 1. The SMILES string of the molecule is Cc1cc(NC(=O)CSc2nc(CSC(C)C)cc(=O)[nH]2)ccc1Br. The van der Waals surface area contributed by atoms with E-state index in [4.69, 9.17) is 0 Å². The van der Waals surface area contributed by atoms with E-state index in [0.717, 1.165) is 21.4 Å². The Bertz CT molecular complexity index is 809. The summed E-state index contributed by atoms with van der Waals surface area (Å²) in [7, 11) is 0. The zero-order chi connectivity index (χ0) is 18.4. The van der Waals surface area contributed by atoms with Crippen LogP contribution in [0.3, 0.4) is 0 Å². The molecule has 0 aliphatic rings. The Morgan fingerprint density at radius 3 is 2.80 bits per heavy atom. The van der Waals surface area contributed by atoms with Gasteiger partial charge in [0.25, 0.3) is 5.56 Å². The molecule has 5 nitrogen and oxygen atoms in total. The highest BCUT2D eigenvalue weighted by molar-refractivity contribution is 9.10. The number of halogens is 1. The zero-order valence-corrected chi connectivity index (χ0v) is 17.5. The molecule has 0 saturated carbocycles. The van der Waals surface area contributed by atoms with Gasteiger partial charge in [-0.3, -0.25) is 9.59 Å². The van der Waals surface area contributed by atoms with E-state index >= 15 is 0 Å². The highest BCUT2D eigenvalue weighted by Gasteiger charge is 2.08. The summed E-state index contributed by atoms with van der Waals surface area (Å²) in [5.74, 6) is 0.717. The molecule has 134 valence electrons. The van der Waals surface area contributed by atoms with Crippen LogP contribution in [0.2, 0.25) is 0 Å². The molecule has 1 amide bonds. The fourth-order valence-corrected chi connectivity index (χ4v) is 3.52. The van der Waals surface area contributed by atoms with Gasteiger partial charge in [0.1, 0.15) is 0 Å². The summed E-state index contributed by atoms with van der Waals surface area (Å²) in [6.45, 7) is 6.16. The summed E-state index contributed by atoms with van der Waals surface area (Å²) in [4.78, 5) is 30.9. The summed E-state index contributed by atoms with van der Waals surface area (Å²) >= 11 is 6.37. The molecule has 0 spiro atoms. The largest absolute Gasteiger partial charge is 0.325 e. The van der Waals surface area contributed by atoms with Gasteiger partial charge < -0.3 is 10.3 Å². The van der Waals surface area contributed by atoms with Crippen LogP contribution in [-0.4, -0.2) is 26.9 Å². The quantitative estimate of drug-likeness (QED) is 0.496. The number of amides is 1. The smallest absolute Gasteiger partial charge is 0.251 e. The predicted octanol–water partition coefficient (Wildman–Crippen LogP) is 4.21. The van der Waals surface area contributed by atoms with Crippen molar-refractivity contribution in [3.05, 3.63) is 50.3 Å². The number of aromatic nitrogens is 2. The molecule has 0 saturated heterocycles. The van der Waals surface area contributed by atoms with Crippen LogP contribution in [0, 0.1) is 6.92 Å². The first-order valence-corrected chi connectivity index (χ1v) is 10.6. The summed E-state index contributed by atoms with van der Waals surface area (Å²) in [5, 5.41) is 3.78. The molecule has 1 aromatic heterocycles. The van der Waals surface area contributed by atoms with Gasteiger partial charge in [0.15, 0.2) is 5.16 Å². The molecule has 8 heteroatoms. The van der Waals surface area contributed by atoms with Crippen LogP contribution in [0.25, 0.3) is 0 Å². The summed E-state index contributed by atoms with van der Waals surface area (Å²) in [5.41, 5.74) is 2.33. The van der Waals surface area contributed by atoms with Crippen LogP contribution in [0.5, 0.6) is 0 Å². The lowest BCUT2D eigenvalue weighted by Crippen LogP contribution is -2.16. The van der Waals surface area contributed by atoms with Crippen molar-refractivity contribution < 1.29 is 4.79 Å².